The second-order valence-corrected chi connectivity index (χ2v) is 4.77. The van der Waals surface area contributed by atoms with E-state index in [-0.39, 0.29) is 5.54 Å². The van der Waals surface area contributed by atoms with Crippen LogP contribution in [0, 0.1) is 11.6 Å². The molecule has 0 aromatic heterocycles. The first-order chi connectivity index (χ1) is 7.48. The number of nitrogens with zero attached hydrogens (tertiary/aromatic N) is 1. The monoisotopic (exact) mass is 226 g/mol. The van der Waals surface area contributed by atoms with Crippen LogP contribution in [0.3, 0.4) is 0 Å². The van der Waals surface area contributed by atoms with Gasteiger partial charge in [-0.1, -0.05) is 6.07 Å². The Labute approximate surface area is 94.0 Å². The molecule has 0 bridgehead atoms. The van der Waals surface area contributed by atoms with Crippen molar-refractivity contribution in [3.05, 3.63) is 35.4 Å². The van der Waals surface area contributed by atoms with Crippen molar-refractivity contribution in [2.45, 2.75) is 24.9 Å². The molecule has 16 heavy (non-hydrogen) atoms. The van der Waals surface area contributed by atoms with Gasteiger partial charge in [0.05, 0.1) is 0 Å². The van der Waals surface area contributed by atoms with E-state index >= 15 is 0 Å². The molecule has 1 saturated carbocycles. The van der Waals surface area contributed by atoms with Gasteiger partial charge < -0.3 is 10.6 Å². The van der Waals surface area contributed by atoms with Crippen molar-refractivity contribution in [1.29, 1.82) is 0 Å². The van der Waals surface area contributed by atoms with Gasteiger partial charge in [0.15, 0.2) is 0 Å². The molecule has 1 aliphatic rings. The van der Waals surface area contributed by atoms with Gasteiger partial charge in [-0.15, -0.1) is 0 Å². The maximum absolute atomic E-state index is 13.4. The lowest BCUT2D eigenvalue weighted by molar-refractivity contribution is 0.291. The van der Waals surface area contributed by atoms with Crippen LogP contribution in [-0.4, -0.2) is 24.0 Å². The third-order valence-corrected chi connectivity index (χ3v) is 2.93. The number of rotatable bonds is 4. The number of hydrogen-bond donors (Lipinski definition) is 1. The van der Waals surface area contributed by atoms with Gasteiger partial charge >= 0.3 is 0 Å². The third kappa shape index (κ3) is 2.77. The van der Waals surface area contributed by atoms with Crippen molar-refractivity contribution < 1.29 is 8.78 Å². The molecular weight excluding hydrogens is 210 g/mol. The van der Waals surface area contributed by atoms with E-state index in [0.717, 1.165) is 25.5 Å². The van der Waals surface area contributed by atoms with Gasteiger partial charge in [-0.2, -0.15) is 0 Å². The smallest absolute Gasteiger partial charge is 0.130 e. The standard InChI is InChI=1S/C12H16F2N2/c1-16(8-12(15)4-5-12)7-9-2-3-10(13)6-11(9)14/h2-3,6H,4-5,7-8,15H2,1H3. The van der Waals surface area contributed by atoms with E-state index in [1.165, 1.54) is 12.1 Å². The van der Waals surface area contributed by atoms with Crippen LogP contribution in [0.25, 0.3) is 0 Å². The van der Waals surface area contributed by atoms with Gasteiger partial charge in [0, 0.05) is 30.3 Å². The van der Waals surface area contributed by atoms with Crippen molar-refractivity contribution in [3.8, 4) is 0 Å². The molecule has 88 valence electrons. The zero-order valence-electron chi connectivity index (χ0n) is 9.34. The minimum atomic E-state index is -0.540. The van der Waals surface area contributed by atoms with Crippen LogP contribution in [0.1, 0.15) is 18.4 Å². The first-order valence-corrected chi connectivity index (χ1v) is 5.40. The summed E-state index contributed by atoms with van der Waals surface area (Å²) in [7, 11) is 1.90. The van der Waals surface area contributed by atoms with Crippen molar-refractivity contribution in [2.24, 2.45) is 5.73 Å². The Kier molecular flexibility index (Phi) is 2.95. The Morgan fingerprint density at radius 1 is 1.38 bits per heavy atom. The fourth-order valence-electron chi connectivity index (χ4n) is 1.85. The quantitative estimate of drug-likeness (QED) is 0.849. The number of halogens is 2. The summed E-state index contributed by atoms with van der Waals surface area (Å²) in [6, 6.07) is 3.68. The van der Waals surface area contributed by atoms with Crippen molar-refractivity contribution in [1.82, 2.24) is 4.90 Å². The van der Waals surface area contributed by atoms with Gasteiger partial charge in [0.1, 0.15) is 11.6 Å². The molecule has 2 rings (SSSR count). The van der Waals surface area contributed by atoms with Crippen LogP contribution < -0.4 is 5.73 Å². The lowest BCUT2D eigenvalue weighted by atomic mass is 10.2. The number of benzene rings is 1. The molecule has 0 atom stereocenters. The number of hydrogen-bond acceptors (Lipinski definition) is 2. The van der Waals surface area contributed by atoms with Crippen molar-refractivity contribution in [3.63, 3.8) is 0 Å². The summed E-state index contributed by atoms with van der Waals surface area (Å²) in [5.41, 5.74) is 6.40. The molecule has 0 unspecified atom stereocenters. The SMILES string of the molecule is CN(Cc1ccc(F)cc1F)CC1(N)CC1. The molecule has 0 radical (unpaired) electrons. The summed E-state index contributed by atoms with van der Waals surface area (Å²) in [5.74, 6) is -1.03. The fraction of sp³-hybridized carbons (Fsp3) is 0.500. The molecule has 1 fully saturated rings. The number of likely N-dealkylation sites (N-methyl/N-ethyl adjacent to an activating group) is 1. The number of nitrogens with two attached hydrogens (primary N) is 1. The highest BCUT2D eigenvalue weighted by molar-refractivity contribution is 5.18. The molecular formula is C12H16F2N2. The van der Waals surface area contributed by atoms with E-state index < -0.39 is 11.6 Å². The van der Waals surface area contributed by atoms with Crippen LogP contribution in [0.5, 0.6) is 0 Å². The minimum absolute atomic E-state index is 0.0781. The maximum Gasteiger partial charge on any atom is 0.130 e. The summed E-state index contributed by atoms with van der Waals surface area (Å²) in [6.07, 6.45) is 2.06. The Hall–Kier alpha value is -1.00. The fourth-order valence-corrected chi connectivity index (χ4v) is 1.85. The molecule has 4 heteroatoms. The molecule has 1 aromatic rings. The average Bonchev–Trinajstić information content (AvgIpc) is 2.88. The van der Waals surface area contributed by atoms with Crippen LogP contribution in [-0.2, 0) is 6.54 Å². The lowest BCUT2D eigenvalue weighted by Gasteiger charge is -2.20. The summed E-state index contributed by atoms with van der Waals surface area (Å²) in [6.45, 7) is 1.22. The zero-order chi connectivity index (χ0) is 11.8. The van der Waals surface area contributed by atoms with Crippen molar-refractivity contribution in [2.75, 3.05) is 13.6 Å². The van der Waals surface area contributed by atoms with Crippen LogP contribution in [0.15, 0.2) is 18.2 Å². The second-order valence-electron chi connectivity index (χ2n) is 4.77. The first-order valence-electron chi connectivity index (χ1n) is 5.40. The van der Waals surface area contributed by atoms with E-state index in [4.69, 9.17) is 5.73 Å². The molecule has 2 N–H and O–H groups in total. The second kappa shape index (κ2) is 4.11. The van der Waals surface area contributed by atoms with Crippen LogP contribution in [0.4, 0.5) is 8.78 Å². The lowest BCUT2D eigenvalue weighted by Crippen LogP contribution is -2.36. The van der Waals surface area contributed by atoms with Crippen LogP contribution >= 0.6 is 0 Å². The Morgan fingerprint density at radius 3 is 2.62 bits per heavy atom. The van der Waals surface area contributed by atoms with E-state index in [2.05, 4.69) is 0 Å². The van der Waals surface area contributed by atoms with E-state index in [1.54, 1.807) is 0 Å². The molecule has 0 aliphatic heterocycles. The first kappa shape index (κ1) is 11.5. The molecule has 0 heterocycles. The molecule has 1 aromatic carbocycles. The van der Waals surface area contributed by atoms with E-state index in [9.17, 15) is 8.78 Å². The summed E-state index contributed by atoms with van der Waals surface area (Å²) in [5, 5.41) is 0. The predicted octanol–water partition coefficient (Wildman–Crippen LogP) is 1.89. The summed E-state index contributed by atoms with van der Waals surface area (Å²) in [4.78, 5) is 1.98. The third-order valence-electron chi connectivity index (χ3n) is 2.93. The van der Waals surface area contributed by atoms with Crippen LogP contribution in [0.2, 0.25) is 0 Å². The predicted molar refractivity (Wildman–Crippen MR) is 58.8 cm³/mol. The molecule has 1 aliphatic carbocycles. The Bertz CT molecular complexity index is 389. The maximum atomic E-state index is 13.4. The van der Waals surface area contributed by atoms with E-state index in [0.29, 0.717) is 12.1 Å². The summed E-state index contributed by atoms with van der Waals surface area (Å²) < 4.78 is 26.1. The highest BCUT2D eigenvalue weighted by Crippen LogP contribution is 2.32. The minimum Gasteiger partial charge on any atom is -0.324 e. The summed E-state index contributed by atoms with van der Waals surface area (Å²) >= 11 is 0. The van der Waals surface area contributed by atoms with E-state index in [1.807, 2.05) is 11.9 Å². The van der Waals surface area contributed by atoms with Gasteiger partial charge in [0.2, 0.25) is 0 Å². The highest BCUT2D eigenvalue weighted by Gasteiger charge is 2.38. The average molecular weight is 226 g/mol. The topological polar surface area (TPSA) is 29.3 Å². The largest absolute Gasteiger partial charge is 0.324 e. The zero-order valence-corrected chi connectivity index (χ0v) is 9.34. The molecule has 0 spiro atoms. The van der Waals surface area contributed by atoms with Gasteiger partial charge in [0.25, 0.3) is 0 Å². The van der Waals surface area contributed by atoms with Gasteiger partial charge in [-0.3, -0.25) is 0 Å². The van der Waals surface area contributed by atoms with Crippen molar-refractivity contribution >= 4 is 0 Å². The highest BCUT2D eigenvalue weighted by atomic mass is 19.1. The normalized spacial score (nSPS) is 17.8. The molecule has 0 amide bonds. The Morgan fingerprint density at radius 2 is 2.06 bits per heavy atom. The van der Waals surface area contributed by atoms with Gasteiger partial charge in [-0.05, 0) is 26.0 Å². The Balaban J connectivity index is 1.97. The molecule has 2 nitrogen and oxygen atoms in total. The molecule has 0 saturated heterocycles. The van der Waals surface area contributed by atoms with Gasteiger partial charge in [-0.25, -0.2) is 8.78 Å².